The second-order valence-corrected chi connectivity index (χ2v) is 4.60. The quantitative estimate of drug-likeness (QED) is 0.871. The number of hydrogen-bond donors (Lipinski definition) is 2. The van der Waals surface area contributed by atoms with E-state index in [1.54, 1.807) is 0 Å². The Morgan fingerprint density at radius 3 is 2.47 bits per heavy atom. The SMILES string of the molecule is Cl.O=C(O)CCc1ccc(OC2CCNCC2)cc1. The first kappa shape index (κ1) is 15.8. The molecule has 0 bridgehead atoms. The fraction of sp³-hybridized carbons (Fsp3) is 0.500. The van der Waals surface area contributed by atoms with E-state index in [2.05, 4.69) is 5.32 Å². The molecule has 1 aliphatic rings. The van der Waals surface area contributed by atoms with Crippen LogP contribution in [-0.2, 0) is 11.2 Å². The Morgan fingerprint density at radius 1 is 1.26 bits per heavy atom. The summed E-state index contributed by atoms with van der Waals surface area (Å²) in [6, 6.07) is 7.75. The molecule has 1 fully saturated rings. The first-order chi connectivity index (χ1) is 8.74. The molecule has 0 radical (unpaired) electrons. The van der Waals surface area contributed by atoms with Crippen molar-refractivity contribution in [1.82, 2.24) is 5.32 Å². The Kier molecular flexibility index (Phi) is 6.67. The number of nitrogens with one attached hydrogen (secondary N) is 1. The molecule has 1 aliphatic heterocycles. The van der Waals surface area contributed by atoms with E-state index < -0.39 is 5.97 Å². The van der Waals surface area contributed by atoms with Gasteiger partial charge in [0.15, 0.2) is 0 Å². The Morgan fingerprint density at radius 2 is 1.89 bits per heavy atom. The van der Waals surface area contributed by atoms with Crippen LogP contribution in [0.1, 0.15) is 24.8 Å². The van der Waals surface area contributed by atoms with Gasteiger partial charge in [0.25, 0.3) is 0 Å². The standard InChI is InChI=1S/C14H19NO3.ClH/c16-14(17)6-3-11-1-4-12(5-2-11)18-13-7-9-15-10-8-13;/h1-2,4-5,13,15H,3,6-10H2,(H,16,17);1H. The van der Waals surface area contributed by atoms with E-state index in [0.29, 0.717) is 12.5 Å². The van der Waals surface area contributed by atoms with Crippen molar-refractivity contribution in [2.75, 3.05) is 13.1 Å². The molecule has 1 heterocycles. The van der Waals surface area contributed by atoms with Crippen LogP contribution < -0.4 is 10.1 Å². The van der Waals surface area contributed by atoms with Gasteiger partial charge >= 0.3 is 5.97 Å². The first-order valence-electron chi connectivity index (χ1n) is 6.42. The summed E-state index contributed by atoms with van der Waals surface area (Å²) in [5.41, 5.74) is 1.04. The van der Waals surface area contributed by atoms with Crippen molar-refractivity contribution in [3.8, 4) is 5.75 Å². The largest absolute Gasteiger partial charge is 0.490 e. The number of piperidine rings is 1. The van der Waals surface area contributed by atoms with E-state index >= 15 is 0 Å². The molecule has 106 valence electrons. The monoisotopic (exact) mass is 285 g/mol. The maximum atomic E-state index is 10.5. The molecule has 0 atom stereocenters. The normalized spacial score (nSPS) is 15.6. The van der Waals surface area contributed by atoms with Crippen molar-refractivity contribution in [1.29, 1.82) is 0 Å². The van der Waals surface area contributed by atoms with Gasteiger partial charge in [-0.05, 0) is 50.0 Å². The zero-order valence-electron chi connectivity index (χ0n) is 10.8. The Bertz CT molecular complexity index is 388. The molecule has 19 heavy (non-hydrogen) atoms. The lowest BCUT2D eigenvalue weighted by Crippen LogP contribution is -2.34. The highest BCUT2D eigenvalue weighted by Crippen LogP contribution is 2.18. The van der Waals surface area contributed by atoms with Gasteiger partial charge in [-0.2, -0.15) is 0 Å². The zero-order chi connectivity index (χ0) is 12.8. The maximum absolute atomic E-state index is 10.5. The topological polar surface area (TPSA) is 58.6 Å². The highest BCUT2D eigenvalue weighted by molar-refractivity contribution is 5.85. The second kappa shape index (κ2) is 8.02. The van der Waals surface area contributed by atoms with Gasteiger partial charge in [-0.15, -0.1) is 12.4 Å². The highest BCUT2D eigenvalue weighted by atomic mass is 35.5. The van der Waals surface area contributed by atoms with Crippen LogP contribution in [0.3, 0.4) is 0 Å². The minimum atomic E-state index is -0.759. The van der Waals surface area contributed by atoms with Crippen LogP contribution >= 0.6 is 12.4 Å². The average Bonchev–Trinajstić information content (AvgIpc) is 2.39. The van der Waals surface area contributed by atoms with Crippen molar-refractivity contribution in [2.45, 2.75) is 31.8 Å². The highest BCUT2D eigenvalue weighted by Gasteiger charge is 2.14. The average molecular weight is 286 g/mol. The number of aryl methyl sites for hydroxylation is 1. The Labute approximate surface area is 119 Å². The molecule has 2 N–H and O–H groups in total. The van der Waals surface area contributed by atoms with Crippen molar-refractivity contribution in [3.63, 3.8) is 0 Å². The van der Waals surface area contributed by atoms with Gasteiger partial charge in [0.05, 0.1) is 0 Å². The fourth-order valence-corrected chi connectivity index (χ4v) is 2.09. The van der Waals surface area contributed by atoms with Crippen LogP contribution in [0.5, 0.6) is 5.75 Å². The number of ether oxygens (including phenoxy) is 1. The molecule has 1 aromatic rings. The van der Waals surface area contributed by atoms with Crippen LogP contribution in [0.25, 0.3) is 0 Å². The van der Waals surface area contributed by atoms with E-state index in [1.165, 1.54) is 0 Å². The van der Waals surface area contributed by atoms with Gasteiger partial charge in [0.2, 0.25) is 0 Å². The molecular formula is C14H20ClNO3. The van der Waals surface area contributed by atoms with E-state index in [0.717, 1.165) is 37.2 Å². The molecule has 1 aromatic carbocycles. The number of hydrogen-bond acceptors (Lipinski definition) is 3. The van der Waals surface area contributed by atoms with Crippen molar-refractivity contribution in [2.24, 2.45) is 0 Å². The molecule has 4 nitrogen and oxygen atoms in total. The summed E-state index contributed by atoms with van der Waals surface area (Å²) >= 11 is 0. The molecule has 0 amide bonds. The molecule has 2 rings (SSSR count). The lowest BCUT2D eigenvalue weighted by molar-refractivity contribution is -0.136. The van der Waals surface area contributed by atoms with E-state index in [9.17, 15) is 4.79 Å². The van der Waals surface area contributed by atoms with Gasteiger partial charge in [0, 0.05) is 6.42 Å². The van der Waals surface area contributed by atoms with Gasteiger partial charge in [0.1, 0.15) is 11.9 Å². The molecule has 0 aliphatic carbocycles. The molecule has 0 spiro atoms. The molecule has 5 heteroatoms. The molecular weight excluding hydrogens is 266 g/mol. The zero-order valence-corrected chi connectivity index (χ0v) is 11.6. The molecule has 0 unspecified atom stereocenters. The molecule has 0 aromatic heterocycles. The third kappa shape index (κ3) is 5.49. The fourth-order valence-electron chi connectivity index (χ4n) is 2.09. The van der Waals surface area contributed by atoms with Crippen molar-refractivity contribution < 1.29 is 14.6 Å². The number of carboxylic acids is 1. The first-order valence-corrected chi connectivity index (χ1v) is 6.42. The summed E-state index contributed by atoms with van der Waals surface area (Å²) in [4.78, 5) is 10.5. The van der Waals surface area contributed by atoms with Gasteiger partial charge < -0.3 is 15.2 Å². The summed E-state index contributed by atoms with van der Waals surface area (Å²) in [5.74, 6) is 0.117. The summed E-state index contributed by atoms with van der Waals surface area (Å²) in [5, 5.41) is 11.9. The smallest absolute Gasteiger partial charge is 0.303 e. The summed E-state index contributed by atoms with van der Waals surface area (Å²) in [7, 11) is 0. The van der Waals surface area contributed by atoms with E-state index in [4.69, 9.17) is 9.84 Å². The number of carbonyl (C=O) groups is 1. The Balaban J connectivity index is 0.00000180. The summed E-state index contributed by atoms with van der Waals surface area (Å²) < 4.78 is 5.88. The lowest BCUT2D eigenvalue weighted by atomic mass is 10.1. The predicted octanol–water partition coefficient (Wildman–Crippen LogP) is 2.26. The Hall–Kier alpha value is -1.26. The van der Waals surface area contributed by atoms with Crippen LogP contribution in [0.15, 0.2) is 24.3 Å². The van der Waals surface area contributed by atoms with Gasteiger partial charge in [-0.25, -0.2) is 0 Å². The number of aliphatic carboxylic acids is 1. The van der Waals surface area contributed by atoms with Crippen LogP contribution in [0, 0.1) is 0 Å². The molecule has 1 saturated heterocycles. The molecule has 0 saturated carbocycles. The third-order valence-electron chi connectivity index (χ3n) is 3.14. The number of rotatable bonds is 5. The minimum Gasteiger partial charge on any atom is -0.490 e. The van der Waals surface area contributed by atoms with Crippen LogP contribution in [0.4, 0.5) is 0 Å². The predicted molar refractivity (Wildman–Crippen MR) is 76.2 cm³/mol. The maximum Gasteiger partial charge on any atom is 0.303 e. The van der Waals surface area contributed by atoms with E-state index in [1.807, 2.05) is 24.3 Å². The van der Waals surface area contributed by atoms with Crippen molar-refractivity contribution in [3.05, 3.63) is 29.8 Å². The second-order valence-electron chi connectivity index (χ2n) is 4.60. The summed E-state index contributed by atoms with van der Waals surface area (Å²) in [6.07, 6.45) is 3.13. The number of benzene rings is 1. The van der Waals surface area contributed by atoms with Gasteiger partial charge in [-0.1, -0.05) is 12.1 Å². The van der Waals surface area contributed by atoms with E-state index in [-0.39, 0.29) is 18.8 Å². The number of halogens is 1. The van der Waals surface area contributed by atoms with Crippen LogP contribution in [0.2, 0.25) is 0 Å². The summed E-state index contributed by atoms with van der Waals surface area (Å²) in [6.45, 7) is 2.03. The van der Waals surface area contributed by atoms with Crippen LogP contribution in [-0.4, -0.2) is 30.3 Å². The van der Waals surface area contributed by atoms with Crippen molar-refractivity contribution >= 4 is 18.4 Å². The van der Waals surface area contributed by atoms with Gasteiger partial charge in [-0.3, -0.25) is 4.79 Å². The third-order valence-corrected chi connectivity index (χ3v) is 3.14. The lowest BCUT2D eigenvalue weighted by Gasteiger charge is -2.23. The minimum absolute atomic E-state index is 0. The number of carboxylic acid groups (broad SMARTS) is 1.